The number of ether oxygens (including phenoxy) is 1. The summed E-state index contributed by atoms with van der Waals surface area (Å²) >= 11 is 0. The number of hydrogen-bond acceptors (Lipinski definition) is 2. The van der Waals surface area contributed by atoms with Gasteiger partial charge >= 0.3 is 0 Å². The zero-order valence-corrected chi connectivity index (χ0v) is 11.2. The summed E-state index contributed by atoms with van der Waals surface area (Å²) in [7, 11) is 1.64. The molecule has 1 aliphatic carbocycles. The summed E-state index contributed by atoms with van der Waals surface area (Å²) < 4.78 is 5.12. The molecule has 2 rings (SSSR count). The molecule has 0 N–H and O–H groups in total. The average molecular weight is 246 g/mol. The van der Waals surface area contributed by atoms with Crippen LogP contribution in [0.1, 0.15) is 55.3 Å². The van der Waals surface area contributed by atoms with Crippen molar-refractivity contribution in [3.63, 3.8) is 0 Å². The molecule has 1 saturated carbocycles. The third-order valence-corrected chi connectivity index (χ3v) is 3.85. The van der Waals surface area contributed by atoms with Crippen LogP contribution in [0.2, 0.25) is 0 Å². The van der Waals surface area contributed by atoms with Gasteiger partial charge < -0.3 is 4.74 Å². The minimum Gasteiger partial charge on any atom is -0.497 e. The van der Waals surface area contributed by atoms with Crippen molar-refractivity contribution in [3.05, 3.63) is 29.8 Å². The molecule has 0 unspecified atom stereocenters. The third-order valence-electron chi connectivity index (χ3n) is 3.85. The minimum atomic E-state index is 0.235. The summed E-state index contributed by atoms with van der Waals surface area (Å²) in [4.78, 5) is 12.4. The molecule has 0 amide bonds. The van der Waals surface area contributed by atoms with E-state index in [9.17, 15) is 4.79 Å². The Morgan fingerprint density at radius 2 is 1.56 bits per heavy atom. The molecule has 1 aromatic carbocycles. The molecule has 2 heteroatoms. The largest absolute Gasteiger partial charge is 0.497 e. The van der Waals surface area contributed by atoms with Crippen LogP contribution in [0.5, 0.6) is 5.75 Å². The Morgan fingerprint density at radius 3 is 2.11 bits per heavy atom. The number of ketones is 1. The van der Waals surface area contributed by atoms with Crippen LogP contribution >= 0.6 is 0 Å². The first-order valence-corrected chi connectivity index (χ1v) is 6.99. The van der Waals surface area contributed by atoms with Crippen molar-refractivity contribution in [1.29, 1.82) is 0 Å². The normalized spacial score (nSPS) is 17.8. The molecule has 0 heterocycles. The van der Waals surface area contributed by atoms with Crippen LogP contribution in [0.25, 0.3) is 0 Å². The van der Waals surface area contributed by atoms with E-state index in [1.165, 1.54) is 32.1 Å². The van der Waals surface area contributed by atoms with E-state index in [1.54, 1.807) is 7.11 Å². The van der Waals surface area contributed by atoms with E-state index in [1.807, 2.05) is 24.3 Å². The van der Waals surface area contributed by atoms with Gasteiger partial charge in [0.05, 0.1) is 7.11 Å². The lowest BCUT2D eigenvalue weighted by molar-refractivity contribution is 0.0898. The van der Waals surface area contributed by atoms with E-state index >= 15 is 0 Å². The first-order chi connectivity index (χ1) is 8.81. The van der Waals surface area contributed by atoms with Gasteiger partial charge in [-0.2, -0.15) is 0 Å². The maximum absolute atomic E-state index is 12.4. The Morgan fingerprint density at radius 1 is 1.00 bits per heavy atom. The highest BCUT2D eigenvalue weighted by molar-refractivity contribution is 5.97. The van der Waals surface area contributed by atoms with E-state index < -0.39 is 0 Å². The molecule has 1 aliphatic rings. The van der Waals surface area contributed by atoms with Gasteiger partial charge in [-0.25, -0.2) is 0 Å². The smallest absolute Gasteiger partial charge is 0.165 e. The number of carbonyl (C=O) groups excluding carboxylic acids is 1. The second kappa shape index (κ2) is 6.58. The molecule has 0 radical (unpaired) electrons. The van der Waals surface area contributed by atoms with Gasteiger partial charge in [0.25, 0.3) is 0 Å². The minimum absolute atomic E-state index is 0.235. The van der Waals surface area contributed by atoms with Crippen LogP contribution < -0.4 is 4.74 Å². The molecular formula is C16H22O2. The maximum atomic E-state index is 12.4. The first kappa shape index (κ1) is 13.1. The van der Waals surface area contributed by atoms with Crippen LogP contribution in [0, 0.1) is 5.92 Å². The zero-order valence-electron chi connectivity index (χ0n) is 11.2. The van der Waals surface area contributed by atoms with Gasteiger partial charge in [-0.15, -0.1) is 0 Å². The van der Waals surface area contributed by atoms with Crippen LogP contribution in [0.15, 0.2) is 24.3 Å². The molecule has 0 spiro atoms. The fourth-order valence-electron chi connectivity index (χ4n) is 2.71. The predicted molar refractivity (Wildman–Crippen MR) is 73.1 cm³/mol. The predicted octanol–water partition coefficient (Wildman–Crippen LogP) is 4.24. The molecule has 1 fully saturated rings. The number of hydrogen-bond donors (Lipinski definition) is 0. The van der Waals surface area contributed by atoms with E-state index in [-0.39, 0.29) is 5.92 Å². The topological polar surface area (TPSA) is 26.3 Å². The SMILES string of the molecule is COc1ccc(C(=O)C2CCCCCCC2)cc1. The van der Waals surface area contributed by atoms with Gasteiger partial charge in [-0.1, -0.05) is 32.1 Å². The van der Waals surface area contributed by atoms with E-state index in [0.717, 1.165) is 24.2 Å². The monoisotopic (exact) mass is 246 g/mol. The lowest BCUT2D eigenvalue weighted by Crippen LogP contribution is -2.16. The Hall–Kier alpha value is -1.31. The van der Waals surface area contributed by atoms with Crippen molar-refractivity contribution in [2.24, 2.45) is 5.92 Å². The molecule has 0 aromatic heterocycles. The van der Waals surface area contributed by atoms with Gasteiger partial charge in [0.2, 0.25) is 0 Å². The summed E-state index contributed by atoms with van der Waals surface area (Å²) in [5.41, 5.74) is 0.835. The first-order valence-electron chi connectivity index (χ1n) is 6.99. The Kier molecular flexibility index (Phi) is 4.80. The lowest BCUT2D eigenvalue weighted by Gasteiger charge is -2.18. The fourth-order valence-corrected chi connectivity index (χ4v) is 2.71. The Balaban J connectivity index is 2.03. The highest BCUT2D eigenvalue weighted by atomic mass is 16.5. The van der Waals surface area contributed by atoms with E-state index in [0.29, 0.717) is 5.78 Å². The van der Waals surface area contributed by atoms with Crippen molar-refractivity contribution < 1.29 is 9.53 Å². The quantitative estimate of drug-likeness (QED) is 0.746. The fraction of sp³-hybridized carbons (Fsp3) is 0.562. The van der Waals surface area contributed by atoms with Gasteiger partial charge in [-0.3, -0.25) is 4.79 Å². The van der Waals surface area contributed by atoms with E-state index in [2.05, 4.69) is 0 Å². The molecule has 1 aromatic rings. The summed E-state index contributed by atoms with van der Waals surface area (Å²) in [5, 5.41) is 0. The summed E-state index contributed by atoms with van der Waals surface area (Å²) in [6.45, 7) is 0. The van der Waals surface area contributed by atoms with Crippen LogP contribution in [0.4, 0.5) is 0 Å². The van der Waals surface area contributed by atoms with E-state index in [4.69, 9.17) is 4.74 Å². The summed E-state index contributed by atoms with van der Waals surface area (Å²) in [6, 6.07) is 7.52. The Labute approximate surface area is 109 Å². The number of carbonyl (C=O) groups is 1. The van der Waals surface area contributed by atoms with Crippen molar-refractivity contribution in [2.45, 2.75) is 44.9 Å². The van der Waals surface area contributed by atoms with Crippen molar-refractivity contribution in [3.8, 4) is 5.75 Å². The summed E-state index contributed by atoms with van der Waals surface area (Å²) in [5.74, 6) is 1.36. The summed E-state index contributed by atoms with van der Waals surface area (Å²) in [6.07, 6.45) is 8.43. The second-order valence-corrected chi connectivity index (χ2v) is 5.13. The second-order valence-electron chi connectivity index (χ2n) is 5.13. The molecular weight excluding hydrogens is 224 g/mol. The molecule has 2 nitrogen and oxygen atoms in total. The molecule has 0 aliphatic heterocycles. The van der Waals surface area contributed by atoms with Crippen molar-refractivity contribution >= 4 is 5.78 Å². The lowest BCUT2D eigenvalue weighted by atomic mass is 9.86. The van der Waals surface area contributed by atoms with Crippen LogP contribution in [-0.2, 0) is 0 Å². The maximum Gasteiger partial charge on any atom is 0.165 e. The van der Waals surface area contributed by atoms with Gasteiger partial charge in [-0.05, 0) is 37.1 Å². The molecule has 18 heavy (non-hydrogen) atoms. The number of benzene rings is 1. The van der Waals surface area contributed by atoms with Crippen molar-refractivity contribution in [1.82, 2.24) is 0 Å². The standard InChI is InChI=1S/C16H22O2/c1-18-15-11-9-14(10-12-15)16(17)13-7-5-3-2-4-6-8-13/h9-13H,2-8H2,1H3. The van der Waals surface area contributed by atoms with Gasteiger partial charge in [0.1, 0.15) is 5.75 Å². The molecule has 0 saturated heterocycles. The van der Waals surface area contributed by atoms with Crippen LogP contribution in [0.3, 0.4) is 0 Å². The van der Waals surface area contributed by atoms with Gasteiger partial charge in [0.15, 0.2) is 5.78 Å². The highest BCUT2D eigenvalue weighted by Gasteiger charge is 2.20. The zero-order chi connectivity index (χ0) is 12.8. The molecule has 0 atom stereocenters. The number of Topliss-reactive ketones (excluding diaryl/α,β-unsaturated/α-hetero) is 1. The third kappa shape index (κ3) is 3.34. The average Bonchev–Trinajstić information content (AvgIpc) is 2.38. The molecule has 98 valence electrons. The highest BCUT2D eigenvalue weighted by Crippen LogP contribution is 2.26. The van der Waals surface area contributed by atoms with Crippen molar-refractivity contribution in [2.75, 3.05) is 7.11 Å². The molecule has 0 bridgehead atoms. The Bertz CT molecular complexity index is 373. The van der Waals surface area contributed by atoms with Crippen LogP contribution in [-0.4, -0.2) is 12.9 Å². The van der Waals surface area contributed by atoms with Gasteiger partial charge in [0, 0.05) is 11.5 Å². The number of methoxy groups -OCH3 is 1. The number of rotatable bonds is 3.